The van der Waals surface area contributed by atoms with Crippen molar-refractivity contribution in [1.29, 1.82) is 0 Å². The van der Waals surface area contributed by atoms with Crippen LogP contribution >= 0.6 is 11.6 Å². The lowest BCUT2D eigenvalue weighted by molar-refractivity contribution is -0.239. The standard InChI is InChI=1S/C14H9ClF3NO2/c1-8(2)5-6-13(14(16,17)18)10-7-9(15)3-4-11(10)19-12(20)21-13/h3-4,7H,1H2,2H3,(H,19,20)/t13-/m1/s1. The summed E-state index contributed by atoms with van der Waals surface area (Å²) in [5.74, 6) is 4.20. The van der Waals surface area contributed by atoms with E-state index >= 15 is 0 Å². The van der Waals surface area contributed by atoms with Gasteiger partial charge in [-0.25, -0.2) is 4.79 Å². The van der Waals surface area contributed by atoms with Crippen LogP contribution in [0.2, 0.25) is 5.02 Å². The molecule has 0 saturated carbocycles. The maximum atomic E-state index is 13.6. The number of benzene rings is 1. The van der Waals surface area contributed by atoms with Gasteiger partial charge in [-0.2, -0.15) is 13.2 Å². The van der Waals surface area contributed by atoms with Crippen molar-refractivity contribution in [2.75, 3.05) is 5.32 Å². The molecule has 0 spiro atoms. The Balaban J connectivity index is 2.78. The first-order valence-electron chi connectivity index (χ1n) is 5.71. The minimum atomic E-state index is -4.94. The largest absolute Gasteiger partial charge is 0.445 e. The van der Waals surface area contributed by atoms with Crippen molar-refractivity contribution in [3.05, 3.63) is 40.9 Å². The fraction of sp³-hybridized carbons (Fsp3) is 0.214. The van der Waals surface area contributed by atoms with E-state index in [9.17, 15) is 18.0 Å². The van der Waals surface area contributed by atoms with Crippen LogP contribution in [0.3, 0.4) is 0 Å². The summed E-state index contributed by atoms with van der Waals surface area (Å²) in [6.45, 7) is 4.87. The highest BCUT2D eigenvalue weighted by Crippen LogP contribution is 2.47. The van der Waals surface area contributed by atoms with E-state index in [2.05, 4.69) is 22.6 Å². The lowest BCUT2D eigenvalue weighted by Crippen LogP contribution is -2.49. The number of halogens is 4. The van der Waals surface area contributed by atoms with Crippen LogP contribution in [-0.4, -0.2) is 12.3 Å². The lowest BCUT2D eigenvalue weighted by atomic mass is 9.90. The molecule has 3 nitrogen and oxygen atoms in total. The molecular formula is C14H9ClF3NO2. The van der Waals surface area contributed by atoms with Crippen molar-refractivity contribution in [2.45, 2.75) is 18.7 Å². The van der Waals surface area contributed by atoms with Gasteiger partial charge in [-0.3, -0.25) is 5.32 Å². The third-order valence-corrected chi connectivity index (χ3v) is 2.93. The van der Waals surface area contributed by atoms with Gasteiger partial charge in [0.2, 0.25) is 0 Å². The average Bonchev–Trinajstić information content (AvgIpc) is 2.35. The van der Waals surface area contributed by atoms with Gasteiger partial charge in [-0.15, -0.1) is 0 Å². The first-order valence-corrected chi connectivity index (χ1v) is 6.09. The molecule has 1 aliphatic heterocycles. The Morgan fingerprint density at radius 2 is 2.14 bits per heavy atom. The summed E-state index contributed by atoms with van der Waals surface area (Å²) >= 11 is 5.75. The molecule has 1 aromatic carbocycles. The fourth-order valence-corrected chi connectivity index (χ4v) is 1.99. The lowest BCUT2D eigenvalue weighted by Gasteiger charge is -2.35. The zero-order valence-electron chi connectivity index (χ0n) is 10.8. The molecule has 0 bridgehead atoms. The molecule has 110 valence electrons. The Labute approximate surface area is 123 Å². The molecule has 1 N–H and O–H groups in total. The second-order valence-electron chi connectivity index (χ2n) is 4.41. The van der Waals surface area contributed by atoms with Gasteiger partial charge in [-0.05, 0) is 36.6 Å². The van der Waals surface area contributed by atoms with Crippen molar-refractivity contribution in [1.82, 2.24) is 0 Å². The maximum Gasteiger partial charge on any atom is 0.445 e. The molecule has 2 rings (SSSR count). The van der Waals surface area contributed by atoms with Crippen LogP contribution in [0.25, 0.3) is 0 Å². The maximum absolute atomic E-state index is 13.6. The second kappa shape index (κ2) is 5.01. The molecule has 21 heavy (non-hydrogen) atoms. The van der Waals surface area contributed by atoms with Crippen LogP contribution in [-0.2, 0) is 10.3 Å². The highest BCUT2D eigenvalue weighted by atomic mass is 35.5. The average molecular weight is 316 g/mol. The topological polar surface area (TPSA) is 38.3 Å². The van der Waals surface area contributed by atoms with Crippen molar-refractivity contribution < 1.29 is 22.7 Å². The molecule has 0 saturated heterocycles. The number of rotatable bonds is 0. The van der Waals surface area contributed by atoms with Gasteiger partial charge in [0.1, 0.15) is 0 Å². The first-order chi connectivity index (χ1) is 9.65. The predicted octanol–water partition coefficient (Wildman–Crippen LogP) is 4.24. The van der Waals surface area contributed by atoms with Gasteiger partial charge < -0.3 is 4.74 Å². The molecule has 0 aromatic heterocycles. The Morgan fingerprint density at radius 3 is 2.71 bits per heavy atom. The third kappa shape index (κ3) is 2.69. The molecule has 1 amide bonds. The Kier molecular flexibility index (Phi) is 3.64. The van der Waals surface area contributed by atoms with Crippen molar-refractivity contribution >= 4 is 23.4 Å². The number of amides is 1. The number of hydrogen-bond acceptors (Lipinski definition) is 2. The zero-order chi connectivity index (χ0) is 15.8. The summed E-state index contributed by atoms with van der Waals surface area (Å²) in [5, 5.41) is 2.26. The number of anilines is 1. The van der Waals surface area contributed by atoms with Gasteiger partial charge in [-0.1, -0.05) is 24.1 Å². The van der Waals surface area contributed by atoms with Crippen LogP contribution in [0.1, 0.15) is 12.5 Å². The van der Waals surface area contributed by atoms with E-state index in [4.69, 9.17) is 11.6 Å². The Hall–Kier alpha value is -2.13. The minimum Gasteiger partial charge on any atom is -0.415 e. The molecule has 7 heteroatoms. The van der Waals surface area contributed by atoms with E-state index < -0.39 is 17.9 Å². The summed E-state index contributed by atoms with van der Waals surface area (Å²) in [7, 11) is 0. The van der Waals surface area contributed by atoms with Crippen molar-refractivity contribution in [3.63, 3.8) is 0 Å². The smallest absolute Gasteiger partial charge is 0.415 e. The molecule has 0 unspecified atom stereocenters. The van der Waals surface area contributed by atoms with Gasteiger partial charge in [0.15, 0.2) is 0 Å². The first kappa shape index (κ1) is 15.3. The third-order valence-electron chi connectivity index (χ3n) is 2.69. The van der Waals surface area contributed by atoms with Gasteiger partial charge >= 0.3 is 12.3 Å². The number of ether oxygens (including phenoxy) is 1. The number of alkyl halides is 3. The summed E-state index contributed by atoms with van der Waals surface area (Å²) < 4.78 is 45.2. The van der Waals surface area contributed by atoms with E-state index in [1.807, 2.05) is 5.92 Å². The highest BCUT2D eigenvalue weighted by Gasteiger charge is 2.62. The summed E-state index contributed by atoms with van der Waals surface area (Å²) in [6, 6.07) is 3.69. The summed E-state index contributed by atoms with van der Waals surface area (Å²) in [4.78, 5) is 11.5. The van der Waals surface area contributed by atoms with Gasteiger partial charge in [0, 0.05) is 10.6 Å². The SMILES string of the molecule is C=C(C)C#C[C@@]1(C(F)(F)F)OC(=O)Nc2ccc(Cl)cc21. The van der Waals surface area contributed by atoms with Crippen molar-refractivity contribution in [2.24, 2.45) is 0 Å². The van der Waals surface area contributed by atoms with Crippen LogP contribution in [0.4, 0.5) is 23.7 Å². The summed E-state index contributed by atoms with van der Waals surface area (Å²) in [5.41, 5.74) is -3.29. The Bertz CT molecular complexity index is 688. The van der Waals surface area contributed by atoms with Crippen LogP contribution in [0, 0.1) is 11.8 Å². The minimum absolute atomic E-state index is 0.0519. The molecule has 1 atom stereocenters. The zero-order valence-corrected chi connectivity index (χ0v) is 11.5. The van der Waals surface area contributed by atoms with Crippen molar-refractivity contribution in [3.8, 4) is 11.8 Å². The predicted molar refractivity (Wildman–Crippen MR) is 71.9 cm³/mol. The Morgan fingerprint density at radius 1 is 1.48 bits per heavy atom. The fourth-order valence-electron chi connectivity index (χ4n) is 1.82. The molecule has 0 fully saturated rings. The number of fused-ring (bicyclic) bond motifs is 1. The second-order valence-corrected chi connectivity index (χ2v) is 4.85. The number of allylic oxidation sites excluding steroid dienone is 1. The van der Waals surface area contributed by atoms with E-state index in [0.29, 0.717) is 0 Å². The number of cyclic esters (lactones) is 1. The number of carbonyl (C=O) groups excluding carboxylic acids is 1. The molecular weight excluding hydrogens is 307 g/mol. The normalized spacial score (nSPS) is 20.5. The van der Waals surface area contributed by atoms with Gasteiger partial charge in [0.05, 0.1) is 5.69 Å². The molecule has 0 radical (unpaired) electrons. The molecule has 1 aliphatic rings. The van der Waals surface area contributed by atoms with E-state index in [0.717, 1.165) is 6.07 Å². The monoisotopic (exact) mass is 315 g/mol. The molecule has 1 heterocycles. The van der Waals surface area contributed by atoms with Crippen LogP contribution in [0.15, 0.2) is 30.4 Å². The highest BCUT2D eigenvalue weighted by molar-refractivity contribution is 6.30. The van der Waals surface area contributed by atoms with E-state index in [-0.39, 0.29) is 21.8 Å². The van der Waals surface area contributed by atoms with Crippen LogP contribution in [0.5, 0.6) is 0 Å². The number of hydrogen-bond donors (Lipinski definition) is 1. The molecule has 0 aliphatic carbocycles. The van der Waals surface area contributed by atoms with E-state index in [1.54, 1.807) is 0 Å². The number of carbonyl (C=O) groups is 1. The van der Waals surface area contributed by atoms with E-state index in [1.165, 1.54) is 19.1 Å². The summed E-state index contributed by atoms with van der Waals surface area (Å²) in [6.07, 6.45) is -6.18. The quantitative estimate of drug-likeness (QED) is 0.727. The number of nitrogens with one attached hydrogen (secondary N) is 1. The molecule has 1 aromatic rings. The van der Waals surface area contributed by atoms with Gasteiger partial charge in [0.25, 0.3) is 5.60 Å². The van der Waals surface area contributed by atoms with Crippen LogP contribution < -0.4 is 5.32 Å².